The molecule has 216 valence electrons. The normalized spacial score (nSPS) is 15.6. The lowest BCUT2D eigenvalue weighted by Gasteiger charge is -2.41. The average Bonchev–Trinajstić information content (AvgIpc) is 3.63. The van der Waals surface area contributed by atoms with Crippen LogP contribution in [0.2, 0.25) is 0 Å². The molecule has 46 heavy (non-hydrogen) atoms. The predicted molar refractivity (Wildman–Crippen MR) is 190 cm³/mol. The van der Waals surface area contributed by atoms with Gasteiger partial charge in [0.2, 0.25) is 0 Å². The molecule has 0 N–H and O–H groups in total. The molecule has 1 spiro atoms. The Labute approximate surface area is 268 Å². The summed E-state index contributed by atoms with van der Waals surface area (Å²) in [5.74, 6) is 0. The van der Waals surface area contributed by atoms with Gasteiger partial charge in [-0.2, -0.15) is 0 Å². The maximum absolute atomic E-state index is 2.52. The number of anilines is 2. The van der Waals surface area contributed by atoms with E-state index in [0.29, 0.717) is 0 Å². The van der Waals surface area contributed by atoms with Gasteiger partial charge in [0.15, 0.2) is 0 Å². The highest BCUT2D eigenvalue weighted by atomic mass is 15.1. The van der Waals surface area contributed by atoms with Crippen molar-refractivity contribution in [2.24, 2.45) is 0 Å². The standard InChI is InChI=1S/C44H30N2/c1-3-16-31(17-4-1)45(32-18-5-2-6-19-32)29-30-15-13-22-35-33-20-7-9-24-37(33)44(42(30)35)38-25-10-12-28-41(38)46-40-27-11-8-21-34(40)36-23-14-26-39(44)43(36)46/h1-28H,29H2. The van der Waals surface area contributed by atoms with Crippen molar-refractivity contribution in [2.45, 2.75) is 12.0 Å². The van der Waals surface area contributed by atoms with Gasteiger partial charge in [-0.3, -0.25) is 0 Å². The Morgan fingerprint density at radius 1 is 0.457 bits per heavy atom. The number of para-hydroxylation sites is 5. The first-order chi connectivity index (χ1) is 22.9. The number of nitrogens with zero attached hydrogens (tertiary/aromatic N) is 2. The summed E-state index contributed by atoms with van der Waals surface area (Å²) in [6, 6.07) is 62.6. The number of rotatable bonds is 4. The van der Waals surface area contributed by atoms with Gasteiger partial charge in [-0.15, -0.1) is 0 Å². The number of aromatic nitrogens is 1. The largest absolute Gasteiger partial charge is 0.337 e. The van der Waals surface area contributed by atoms with Crippen LogP contribution in [-0.2, 0) is 12.0 Å². The molecule has 1 unspecified atom stereocenters. The Kier molecular flexibility index (Phi) is 5.30. The zero-order valence-electron chi connectivity index (χ0n) is 25.3. The van der Waals surface area contributed by atoms with E-state index in [4.69, 9.17) is 0 Å². The fourth-order valence-corrected chi connectivity index (χ4v) is 8.56. The van der Waals surface area contributed by atoms with Gasteiger partial charge >= 0.3 is 0 Å². The minimum atomic E-state index is -0.470. The highest BCUT2D eigenvalue weighted by Gasteiger charge is 2.51. The molecular formula is C44H30N2. The van der Waals surface area contributed by atoms with E-state index in [1.54, 1.807) is 0 Å². The summed E-state index contributed by atoms with van der Waals surface area (Å²) in [5, 5.41) is 2.60. The van der Waals surface area contributed by atoms with E-state index in [9.17, 15) is 0 Å². The van der Waals surface area contributed by atoms with E-state index in [1.165, 1.54) is 77.8 Å². The second-order valence-electron chi connectivity index (χ2n) is 12.5. The van der Waals surface area contributed by atoms with E-state index in [2.05, 4.69) is 179 Å². The van der Waals surface area contributed by atoms with Gasteiger partial charge in [0.1, 0.15) is 0 Å². The molecule has 2 heteroatoms. The van der Waals surface area contributed by atoms with E-state index >= 15 is 0 Å². The van der Waals surface area contributed by atoms with Gasteiger partial charge in [0.25, 0.3) is 0 Å². The molecule has 2 aliphatic rings. The number of hydrogen-bond acceptors (Lipinski definition) is 1. The quantitative estimate of drug-likeness (QED) is 0.199. The Hall–Kier alpha value is -5.86. The van der Waals surface area contributed by atoms with Crippen LogP contribution in [0.1, 0.15) is 27.8 Å². The van der Waals surface area contributed by atoms with Crippen LogP contribution < -0.4 is 4.90 Å². The Morgan fingerprint density at radius 2 is 1.04 bits per heavy atom. The predicted octanol–water partition coefficient (Wildman–Crippen LogP) is 10.8. The third-order valence-corrected chi connectivity index (χ3v) is 10.3. The van der Waals surface area contributed by atoms with Crippen LogP contribution in [0.25, 0.3) is 38.6 Å². The molecule has 7 aromatic carbocycles. The van der Waals surface area contributed by atoms with E-state index in [1.807, 2.05) is 0 Å². The zero-order chi connectivity index (χ0) is 30.2. The summed E-state index contributed by atoms with van der Waals surface area (Å²) in [6.45, 7) is 0.744. The molecule has 1 atom stereocenters. The monoisotopic (exact) mass is 586 g/mol. The van der Waals surface area contributed by atoms with Crippen LogP contribution in [0.5, 0.6) is 0 Å². The van der Waals surface area contributed by atoms with Crippen LogP contribution in [-0.4, -0.2) is 4.57 Å². The fraction of sp³-hybridized carbons (Fsp3) is 0.0455. The highest BCUT2D eigenvalue weighted by Crippen LogP contribution is 2.61. The lowest BCUT2D eigenvalue weighted by molar-refractivity contribution is 0.734. The molecule has 0 bridgehead atoms. The van der Waals surface area contributed by atoms with Crippen LogP contribution in [0.4, 0.5) is 11.4 Å². The van der Waals surface area contributed by atoms with Gasteiger partial charge in [-0.05, 0) is 75.3 Å². The van der Waals surface area contributed by atoms with Gasteiger partial charge in [-0.25, -0.2) is 0 Å². The Bertz CT molecular complexity index is 2420. The van der Waals surface area contributed by atoms with Crippen LogP contribution >= 0.6 is 0 Å². The lowest BCUT2D eigenvalue weighted by Crippen LogP contribution is -2.35. The van der Waals surface area contributed by atoms with E-state index in [-0.39, 0.29) is 0 Å². The van der Waals surface area contributed by atoms with Crippen LogP contribution in [0.15, 0.2) is 170 Å². The smallest absolute Gasteiger partial charge is 0.0757 e. The molecule has 0 fully saturated rings. The van der Waals surface area contributed by atoms with Gasteiger partial charge in [-0.1, -0.05) is 133 Å². The molecule has 0 amide bonds. The van der Waals surface area contributed by atoms with E-state index in [0.717, 1.165) is 6.54 Å². The maximum Gasteiger partial charge on any atom is 0.0757 e. The maximum atomic E-state index is 2.52. The fourth-order valence-electron chi connectivity index (χ4n) is 8.56. The molecule has 10 rings (SSSR count). The highest BCUT2D eigenvalue weighted by molar-refractivity contribution is 6.12. The third-order valence-electron chi connectivity index (χ3n) is 10.3. The molecule has 0 radical (unpaired) electrons. The third kappa shape index (κ3) is 3.25. The molecular weight excluding hydrogens is 556 g/mol. The second kappa shape index (κ2) is 9.57. The van der Waals surface area contributed by atoms with Gasteiger partial charge < -0.3 is 9.47 Å². The SMILES string of the molecule is c1ccc(N(Cc2cccc3c2C2(c4ccccc4-3)c3ccccc3-n3c4ccccc4c4cccc2c43)c2ccccc2)cc1. The molecule has 2 heterocycles. The van der Waals surface area contributed by atoms with Crippen LogP contribution in [0.3, 0.4) is 0 Å². The first-order valence-electron chi connectivity index (χ1n) is 16.1. The van der Waals surface area contributed by atoms with Crippen molar-refractivity contribution < 1.29 is 0 Å². The van der Waals surface area contributed by atoms with Crippen molar-refractivity contribution in [1.82, 2.24) is 4.57 Å². The minimum Gasteiger partial charge on any atom is -0.337 e. The zero-order valence-corrected chi connectivity index (χ0v) is 25.3. The average molecular weight is 587 g/mol. The summed E-state index contributed by atoms with van der Waals surface area (Å²) in [4.78, 5) is 2.46. The first-order valence-corrected chi connectivity index (χ1v) is 16.1. The summed E-state index contributed by atoms with van der Waals surface area (Å²) in [6.07, 6.45) is 0. The number of benzene rings is 7. The molecule has 0 saturated carbocycles. The molecule has 1 aliphatic heterocycles. The molecule has 0 saturated heterocycles. The topological polar surface area (TPSA) is 8.17 Å². The van der Waals surface area contributed by atoms with E-state index < -0.39 is 5.41 Å². The molecule has 1 aromatic heterocycles. The summed E-state index contributed by atoms with van der Waals surface area (Å²) >= 11 is 0. The Morgan fingerprint density at radius 3 is 1.85 bits per heavy atom. The van der Waals surface area contributed by atoms with Gasteiger partial charge in [0, 0.05) is 28.7 Å². The van der Waals surface area contributed by atoms with Crippen molar-refractivity contribution in [3.63, 3.8) is 0 Å². The van der Waals surface area contributed by atoms with Crippen molar-refractivity contribution >= 4 is 33.2 Å². The first kappa shape index (κ1) is 25.5. The summed E-state index contributed by atoms with van der Waals surface area (Å²) < 4.78 is 2.52. The van der Waals surface area contributed by atoms with Crippen LogP contribution in [0, 0.1) is 0 Å². The summed E-state index contributed by atoms with van der Waals surface area (Å²) in [7, 11) is 0. The van der Waals surface area contributed by atoms with Crippen molar-refractivity contribution in [2.75, 3.05) is 4.90 Å². The number of hydrogen-bond donors (Lipinski definition) is 0. The molecule has 1 aliphatic carbocycles. The molecule has 2 nitrogen and oxygen atoms in total. The van der Waals surface area contributed by atoms with Gasteiger partial charge in [0.05, 0.1) is 22.1 Å². The van der Waals surface area contributed by atoms with Crippen molar-refractivity contribution in [3.8, 4) is 16.8 Å². The van der Waals surface area contributed by atoms with Crippen molar-refractivity contribution in [1.29, 1.82) is 0 Å². The molecule has 8 aromatic rings. The number of fused-ring (bicyclic) bond motifs is 12. The minimum absolute atomic E-state index is 0.470. The lowest BCUT2D eigenvalue weighted by atomic mass is 9.64. The second-order valence-corrected chi connectivity index (χ2v) is 12.5. The Balaban J connectivity index is 1.33. The van der Waals surface area contributed by atoms with Crippen molar-refractivity contribution in [3.05, 3.63) is 198 Å². The summed E-state index contributed by atoms with van der Waals surface area (Å²) in [5.41, 5.74) is 15.1.